The van der Waals surface area contributed by atoms with E-state index in [1.807, 2.05) is 17.8 Å². The van der Waals surface area contributed by atoms with Gasteiger partial charge >= 0.3 is 0 Å². The Labute approximate surface area is 157 Å². The van der Waals surface area contributed by atoms with Gasteiger partial charge in [-0.05, 0) is 41.5 Å². The average molecular weight is 361 g/mol. The molecule has 1 N–H and O–H groups in total. The average Bonchev–Trinajstić information content (AvgIpc) is 2.71. The monoisotopic (exact) mass is 361 g/mol. The molecule has 0 saturated carbocycles. The third-order valence-electron chi connectivity index (χ3n) is 5.06. The number of para-hydroxylation sites is 1. The molecule has 3 aromatic carbocycles. The number of hydrogen-bond acceptors (Lipinski definition) is 4. The zero-order chi connectivity index (χ0) is 17.5. The van der Waals surface area contributed by atoms with Gasteiger partial charge in [-0.25, -0.2) is 0 Å². The molecule has 0 amide bonds. The summed E-state index contributed by atoms with van der Waals surface area (Å²) in [5.74, 6) is 1.21. The lowest BCUT2D eigenvalue weighted by Gasteiger charge is -2.25. The van der Waals surface area contributed by atoms with Crippen LogP contribution < -0.4 is 10.1 Å². The topological polar surface area (TPSA) is 30.5 Å². The molecule has 0 saturated heterocycles. The van der Waals surface area contributed by atoms with E-state index in [2.05, 4.69) is 66.8 Å². The summed E-state index contributed by atoms with van der Waals surface area (Å²) >= 11 is 1.82. The van der Waals surface area contributed by atoms with Crippen molar-refractivity contribution < 1.29 is 9.47 Å². The fourth-order valence-electron chi connectivity index (χ4n) is 3.63. The van der Waals surface area contributed by atoms with Crippen LogP contribution in [0.25, 0.3) is 0 Å². The molecule has 2 aliphatic heterocycles. The van der Waals surface area contributed by atoms with Crippen molar-refractivity contribution in [3.8, 4) is 5.75 Å². The summed E-state index contributed by atoms with van der Waals surface area (Å²) in [6.45, 7) is 3.20. The van der Waals surface area contributed by atoms with Crippen LogP contribution in [0.3, 0.4) is 0 Å². The summed E-state index contributed by atoms with van der Waals surface area (Å²) in [4.78, 5) is 2.54. The normalized spacial score (nSPS) is 15.7. The van der Waals surface area contributed by atoms with E-state index < -0.39 is 0 Å². The second-order valence-corrected chi connectivity index (χ2v) is 7.72. The Kier molecular flexibility index (Phi) is 3.88. The van der Waals surface area contributed by atoms with Gasteiger partial charge in [-0.1, -0.05) is 49.0 Å². The van der Waals surface area contributed by atoms with Gasteiger partial charge in [-0.2, -0.15) is 0 Å². The maximum absolute atomic E-state index is 5.64. The maximum Gasteiger partial charge on any atom is 0.189 e. The first kappa shape index (κ1) is 15.8. The van der Waals surface area contributed by atoms with Crippen LogP contribution in [-0.2, 0) is 11.3 Å². The quantitative estimate of drug-likeness (QED) is 0.480. The van der Waals surface area contributed by atoms with Crippen LogP contribution in [0.1, 0.15) is 29.5 Å². The molecule has 0 bridgehead atoms. The molecule has 0 fully saturated rings. The van der Waals surface area contributed by atoms with E-state index in [1.54, 1.807) is 0 Å². The van der Waals surface area contributed by atoms with Gasteiger partial charge in [0, 0.05) is 21.3 Å². The number of nitrogens with one attached hydrogen (secondary N) is 1. The van der Waals surface area contributed by atoms with E-state index in [9.17, 15) is 0 Å². The number of fused-ring (bicyclic) bond motifs is 3. The Bertz CT molecular complexity index is 986. The van der Waals surface area contributed by atoms with Crippen LogP contribution in [-0.4, -0.2) is 6.79 Å². The van der Waals surface area contributed by atoms with Crippen LogP contribution in [0.2, 0.25) is 0 Å². The zero-order valence-electron chi connectivity index (χ0n) is 14.5. The lowest BCUT2D eigenvalue weighted by Crippen LogP contribution is -2.14. The van der Waals surface area contributed by atoms with Crippen molar-refractivity contribution in [3.05, 3.63) is 77.4 Å². The van der Waals surface area contributed by atoms with Crippen LogP contribution in [0.5, 0.6) is 5.75 Å². The Morgan fingerprint density at radius 1 is 0.962 bits per heavy atom. The third-order valence-corrected chi connectivity index (χ3v) is 6.21. The van der Waals surface area contributed by atoms with Gasteiger partial charge in [0.1, 0.15) is 5.75 Å². The molecular formula is C22H19NO2S. The molecule has 130 valence electrons. The highest BCUT2D eigenvalue weighted by molar-refractivity contribution is 7.99. The summed E-state index contributed by atoms with van der Waals surface area (Å²) in [6, 6.07) is 21.4. The summed E-state index contributed by atoms with van der Waals surface area (Å²) < 4.78 is 11.2. The predicted octanol–water partition coefficient (Wildman–Crippen LogP) is 5.91. The van der Waals surface area contributed by atoms with Crippen molar-refractivity contribution in [2.45, 2.75) is 29.2 Å². The molecule has 0 aromatic heterocycles. The number of anilines is 2. The van der Waals surface area contributed by atoms with Crippen molar-refractivity contribution in [2.24, 2.45) is 0 Å². The van der Waals surface area contributed by atoms with Gasteiger partial charge in [-0.3, -0.25) is 0 Å². The second-order valence-electron chi connectivity index (χ2n) is 6.64. The van der Waals surface area contributed by atoms with Gasteiger partial charge in [0.05, 0.1) is 18.0 Å². The largest absolute Gasteiger partial charge is 0.467 e. The first-order chi connectivity index (χ1) is 12.8. The first-order valence-electron chi connectivity index (χ1n) is 8.80. The van der Waals surface area contributed by atoms with Crippen molar-refractivity contribution in [1.29, 1.82) is 0 Å². The minimum absolute atomic E-state index is 0.268. The number of rotatable bonds is 2. The van der Waals surface area contributed by atoms with Crippen molar-refractivity contribution in [3.63, 3.8) is 0 Å². The summed E-state index contributed by atoms with van der Waals surface area (Å²) in [5.41, 5.74) is 6.07. The SMILES string of the molecule is CC(c1ccc2c(c1)Nc1ccccc1S2)c1cccc2c1COCO2. The lowest BCUT2D eigenvalue weighted by molar-refractivity contribution is -0.0169. The Morgan fingerprint density at radius 3 is 2.81 bits per heavy atom. The molecule has 1 atom stereocenters. The van der Waals surface area contributed by atoms with Crippen LogP contribution in [0.15, 0.2) is 70.5 Å². The second kappa shape index (κ2) is 6.38. The fourth-order valence-corrected chi connectivity index (χ4v) is 4.60. The van der Waals surface area contributed by atoms with Crippen LogP contribution in [0.4, 0.5) is 11.4 Å². The zero-order valence-corrected chi connectivity index (χ0v) is 15.3. The highest BCUT2D eigenvalue weighted by Crippen LogP contribution is 2.45. The smallest absolute Gasteiger partial charge is 0.189 e. The molecule has 2 aliphatic rings. The van der Waals surface area contributed by atoms with E-state index in [1.165, 1.54) is 32.3 Å². The molecule has 0 radical (unpaired) electrons. The predicted molar refractivity (Wildman–Crippen MR) is 105 cm³/mol. The number of hydrogen-bond donors (Lipinski definition) is 1. The molecule has 0 spiro atoms. The lowest BCUT2D eigenvalue weighted by atomic mass is 9.89. The first-order valence-corrected chi connectivity index (χ1v) is 9.61. The summed E-state index contributed by atoms with van der Waals surface area (Å²) in [7, 11) is 0. The number of benzene rings is 3. The highest BCUT2D eigenvalue weighted by atomic mass is 32.2. The fraction of sp³-hybridized carbons (Fsp3) is 0.182. The van der Waals surface area contributed by atoms with E-state index >= 15 is 0 Å². The van der Waals surface area contributed by atoms with Gasteiger partial charge in [-0.15, -0.1) is 0 Å². The van der Waals surface area contributed by atoms with Crippen LogP contribution in [0, 0.1) is 0 Å². The third kappa shape index (κ3) is 2.66. The minimum Gasteiger partial charge on any atom is -0.467 e. The molecule has 1 unspecified atom stereocenters. The maximum atomic E-state index is 5.64. The Balaban J connectivity index is 1.51. The van der Waals surface area contributed by atoms with E-state index in [4.69, 9.17) is 9.47 Å². The van der Waals surface area contributed by atoms with Gasteiger partial charge in [0.2, 0.25) is 0 Å². The molecule has 4 heteroatoms. The van der Waals surface area contributed by atoms with Gasteiger partial charge in [0.15, 0.2) is 6.79 Å². The molecule has 5 rings (SSSR count). The van der Waals surface area contributed by atoms with Gasteiger partial charge < -0.3 is 14.8 Å². The minimum atomic E-state index is 0.268. The molecule has 3 nitrogen and oxygen atoms in total. The molecule has 2 heterocycles. The summed E-state index contributed by atoms with van der Waals surface area (Å²) in [6.07, 6.45) is 0. The van der Waals surface area contributed by atoms with Crippen molar-refractivity contribution in [2.75, 3.05) is 12.1 Å². The van der Waals surface area contributed by atoms with Crippen molar-refractivity contribution in [1.82, 2.24) is 0 Å². The Morgan fingerprint density at radius 2 is 1.85 bits per heavy atom. The Hall–Kier alpha value is -2.43. The number of ether oxygens (including phenoxy) is 2. The van der Waals surface area contributed by atoms with E-state index in [0.717, 1.165) is 11.3 Å². The molecule has 0 aliphatic carbocycles. The van der Waals surface area contributed by atoms with Crippen LogP contribution >= 0.6 is 11.8 Å². The molecule has 26 heavy (non-hydrogen) atoms. The van der Waals surface area contributed by atoms with E-state index in [-0.39, 0.29) is 5.92 Å². The molecule has 3 aromatic rings. The molecular weight excluding hydrogens is 342 g/mol. The standard InChI is InChI=1S/C22H19NO2S/c1-14(16-5-4-7-20-17(16)12-24-13-25-20)15-9-10-22-19(11-15)23-18-6-2-3-8-21(18)26-22/h2-11,14,23H,12-13H2,1H3. The summed E-state index contributed by atoms with van der Waals surface area (Å²) in [5, 5.41) is 3.58. The van der Waals surface area contributed by atoms with Gasteiger partial charge in [0.25, 0.3) is 0 Å². The van der Waals surface area contributed by atoms with Crippen molar-refractivity contribution >= 4 is 23.1 Å². The highest BCUT2D eigenvalue weighted by Gasteiger charge is 2.21. The van der Waals surface area contributed by atoms with E-state index in [0.29, 0.717) is 13.4 Å².